The van der Waals surface area contributed by atoms with Crippen molar-refractivity contribution in [1.29, 1.82) is 0 Å². The molecular weight excluding hydrogens is 238 g/mol. The summed E-state index contributed by atoms with van der Waals surface area (Å²) in [7, 11) is 1.59. The zero-order valence-corrected chi connectivity index (χ0v) is 8.72. The summed E-state index contributed by atoms with van der Waals surface area (Å²) in [5.74, 6) is 0. The lowest BCUT2D eigenvalue weighted by Crippen LogP contribution is -2.04. The Labute approximate surface area is 90.7 Å². The van der Waals surface area contributed by atoms with Crippen LogP contribution in [0.2, 0.25) is 5.02 Å². The molecule has 1 aromatic carbocycles. The molecule has 0 saturated carbocycles. The minimum absolute atomic E-state index is 0. The van der Waals surface area contributed by atoms with Gasteiger partial charge in [-0.1, -0.05) is 11.6 Å². The van der Waals surface area contributed by atoms with Crippen molar-refractivity contribution >= 4 is 29.7 Å². The van der Waals surface area contributed by atoms with E-state index in [0.717, 1.165) is 12.1 Å². The van der Waals surface area contributed by atoms with E-state index in [4.69, 9.17) is 11.6 Å². The quantitative estimate of drug-likeness (QED) is 0.794. The van der Waals surface area contributed by atoms with Crippen molar-refractivity contribution in [2.24, 2.45) is 0 Å². The molecule has 14 heavy (non-hydrogen) atoms. The van der Waals surface area contributed by atoms with Crippen LogP contribution in [0.25, 0.3) is 0 Å². The van der Waals surface area contributed by atoms with Crippen LogP contribution < -0.4 is 5.32 Å². The van der Waals surface area contributed by atoms with Crippen LogP contribution in [-0.4, -0.2) is 7.05 Å². The van der Waals surface area contributed by atoms with Gasteiger partial charge in [0.1, 0.15) is 0 Å². The first-order chi connectivity index (χ1) is 5.95. The maximum atomic E-state index is 12.1. The second kappa shape index (κ2) is 4.75. The zero-order chi connectivity index (χ0) is 10.1. The lowest BCUT2D eigenvalue weighted by molar-refractivity contribution is -0.137. The second-order valence-corrected chi connectivity index (χ2v) is 2.85. The molecule has 0 spiro atoms. The molecule has 6 heteroatoms. The van der Waals surface area contributed by atoms with Gasteiger partial charge in [-0.3, -0.25) is 0 Å². The van der Waals surface area contributed by atoms with Gasteiger partial charge in [0.05, 0.1) is 16.3 Å². The maximum Gasteiger partial charge on any atom is 0.416 e. The Morgan fingerprint density at radius 1 is 1.29 bits per heavy atom. The van der Waals surface area contributed by atoms with Crippen LogP contribution in [0.15, 0.2) is 18.2 Å². The van der Waals surface area contributed by atoms with E-state index in [9.17, 15) is 13.2 Å². The van der Waals surface area contributed by atoms with Crippen LogP contribution in [0.1, 0.15) is 5.56 Å². The molecule has 0 bridgehead atoms. The molecule has 0 fully saturated rings. The molecule has 0 radical (unpaired) electrons. The van der Waals surface area contributed by atoms with Crippen molar-refractivity contribution in [1.82, 2.24) is 0 Å². The van der Waals surface area contributed by atoms with Crippen molar-refractivity contribution in [2.75, 3.05) is 12.4 Å². The molecule has 80 valence electrons. The fourth-order valence-electron chi connectivity index (χ4n) is 0.894. The molecule has 0 unspecified atom stereocenters. The Morgan fingerprint density at radius 3 is 2.21 bits per heavy atom. The maximum absolute atomic E-state index is 12.1. The summed E-state index contributed by atoms with van der Waals surface area (Å²) in [6.07, 6.45) is -4.34. The fourth-order valence-corrected chi connectivity index (χ4v) is 1.17. The Kier molecular flexibility index (Phi) is 4.55. The van der Waals surface area contributed by atoms with Crippen LogP contribution >= 0.6 is 24.0 Å². The highest BCUT2D eigenvalue weighted by molar-refractivity contribution is 6.33. The van der Waals surface area contributed by atoms with Gasteiger partial charge in [-0.25, -0.2) is 0 Å². The van der Waals surface area contributed by atoms with E-state index in [2.05, 4.69) is 5.32 Å². The molecule has 0 saturated heterocycles. The molecule has 0 atom stereocenters. The molecule has 0 heterocycles. The molecule has 0 aliphatic rings. The summed E-state index contributed by atoms with van der Waals surface area (Å²) in [4.78, 5) is 0. The van der Waals surface area contributed by atoms with E-state index in [0.29, 0.717) is 5.69 Å². The van der Waals surface area contributed by atoms with Crippen LogP contribution in [-0.2, 0) is 6.18 Å². The third-order valence-electron chi connectivity index (χ3n) is 1.57. The van der Waals surface area contributed by atoms with Gasteiger partial charge in [0.2, 0.25) is 0 Å². The lowest BCUT2D eigenvalue weighted by Gasteiger charge is -2.09. The Hall–Kier alpha value is -0.610. The van der Waals surface area contributed by atoms with Gasteiger partial charge < -0.3 is 5.32 Å². The molecule has 0 amide bonds. The summed E-state index contributed by atoms with van der Waals surface area (Å²) in [6, 6.07) is 3.18. The first-order valence-corrected chi connectivity index (χ1v) is 3.87. The van der Waals surface area contributed by atoms with Crippen molar-refractivity contribution < 1.29 is 13.2 Å². The topological polar surface area (TPSA) is 12.0 Å². The molecule has 1 aromatic rings. The van der Waals surface area contributed by atoms with Gasteiger partial charge in [0, 0.05) is 7.05 Å². The van der Waals surface area contributed by atoms with Crippen molar-refractivity contribution in [3.05, 3.63) is 28.8 Å². The lowest BCUT2D eigenvalue weighted by atomic mass is 10.2. The van der Waals surface area contributed by atoms with Crippen LogP contribution in [0.4, 0.5) is 18.9 Å². The van der Waals surface area contributed by atoms with Gasteiger partial charge in [-0.15, -0.1) is 12.4 Å². The number of anilines is 1. The smallest absolute Gasteiger partial charge is 0.387 e. The van der Waals surface area contributed by atoms with Gasteiger partial charge in [-0.2, -0.15) is 13.2 Å². The molecule has 1 nitrogen and oxygen atoms in total. The summed E-state index contributed by atoms with van der Waals surface area (Å²) in [5.41, 5.74) is -0.258. The highest BCUT2D eigenvalue weighted by Gasteiger charge is 2.30. The van der Waals surface area contributed by atoms with Crippen LogP contribution in [0.3, 0.4) is 0 Å². The average molecular weight is 246 g/mol. The predicted molar refractivity (Wildman–Crippen MR) is 53.2 cm³/mol. The standard InChI is InChI=1S/C8H7ClF3N.ClH/c1-13-7-3-2-5(4-6(7)9)8(10,11)12;/h2-4,13H,1H3;1H. The molecule has 0 aliphatic carbocycles. The molecule has 0 aliphatic heterocycles. The normalized spacial score (nSPS) is 10.6. The van der Waals surface area contributed by atoms with Crippen LogP contribution in [0, 0.1) is 0 Å². The predicted octanol–water partition coefficient (Wildman–Crippen LogP) is 3.82. The third kappa shape index (κ3) is 2.96. The molecule has 0 aromatic heterocycles. The van der Waals surface area contributed by atoms with Crippen molar-refractivity contribution in [3.63, 3.8) is 0 Å². The summed E-state index contributed by atoms with van der Waals surface area (Å²) >= 11 is 5.57. The van der Waals surface area contributed by atoms with E-state index < -0.39 is 11.7 Å². The van der Waals surface area contributed by atoms with E-state index in [1.54, 1.807) is 7.05 Å². The molecular formula is C8H8Cl2F3N. The van der Waals surface area contributed by atoms with Crippen molar-refractivity contribution in [3.8, 4) is 0 Å². The van der Waals surface area contributed by atoms with E-state index in [1.165, 1.54) is 6.07 Å². The number of alkyl halides is 3. The number of halogens is 5. The summed E-state index contributed by atoms with van der Waals surface area (Å²) < 4.78 is 36.4. The number of hydrogen-bond donors (Lipinski definition) is 1. The van der Waals surface area contributed by atoms with E-state index in [-0.39, 0.29) is 17.4 Å². The molecule has 1 rings (SSSR count). The number of hydrogen-bond acceptors (Lipinski definition) is 1. The minimum atomic E-state index is -4.34. The highest BCUT2D eigenvalue weighted by atomic mass is 35.5. The Morgan fingerprint density at radius 2 is 1.86 bits per heavy atom. The van der Waals surface area contributed by atoms with Gasteiger partial charge in [0.15, 0.2) is 0 Å². The number of nitrogens with one attached hydrogen (secondary N) is 1. The fraction of sp³-hybridized carbons (Fsp3) is 0.250. The second-order valence-electron chi connectivity index (χ2n) is 2.44. The largest absolute Gasteiger partial charge is 0.416 e. The number of benzene rings is 1. The first kappa shape index (κ1) is 13.4. The average Bonchev–Trinajstić information content (AvgIpc) is 2.02. The van der Waals surface area contributed by atoms with Gasteiger partial charge in [-0.05, 0) is 18.2 Å². The third-order valence-corrected chi connectivity index (χ3v) is 1.88. The van der Waals surface area contributed by atoms with Gasteiger partial charge in [0.25, 0.3) is 0 Å². The zero-order valence-electron chi connectivity index (χ0n) is 7.15. The monoisotopic (exact) mass is 245 g/mol. The van der Waals surface area contributed by atoms with Crippen LogP contribution in [0.5, 0.6) is 0 Å². The van der Waals surface area contributed by atoms with Gasteiger partial charge >= 0.3 is 6.18 Å². The van der Waals surface area contributed by atoms with Crippen molar-refractivity contribution in [2.45, 2.75) is 6.18 Å². The minimum Gasteiger partial charge on any atom is -0.387 e. The highest BCUT2D eigenvalue weighted by Crippen LogP contribution is 2.33. The van der Waals surface area contributed by atoms with E-state index >= 15 is 0 Å². The van der Waals surface area contributed by atoms with E-state index in [1.807, 2.05) is 0 Å². The molecule has 1 N–H and O–H groups in total. The first-order valence-electron chi connectivity index (χ1n) is 3.49. The summed E-state index contributed by atoms with van der Waals surface area (Å²) in [5, 5.41) is 2.74. The number of rotatable bonds is 1. The Bertz CT molecular complexity index is 312. The SMILES string of the molecule is CNc1ccc(C(F)(F)F)cc1Cl.Cl. The summed E-state index contributed by atoms with van der Waals surface area (Å²) in [6.45, 7) is 0. The Balaban J connectivity index is 0.00000169.